The van der Waals surface area contributed by atoms with Crippen LogP contribution in [0.3, 0.4) is 0 Å². The fourth-order valence-corrected chi connectivity index (χ4v) is 2.76. The van der Waals surface area contributed by atoms with E-state index in [2.05, 4.69) is 24.5 Å². The first kappa shape index (κ1) is 19.6. The van der Waals surface area contributed by atoms with Crippen LogP contribution < -0.4 is 16.0 Å². The summed E-state index contributed by atoms with van der Waals surface area (Å²) in [5.74, 6) is -0.233. The average molecular weight is 358 g/mol. The van der Waals surface area contributed by atoms with Crippen molar-refractivity contribution in [2.45, 2.75) is 26.8 Å². The Morgan fingerprint density at radius 3 is 2.00 bits per heavy atom. The maximum absolute atomic E-state index is 13.1. The summed E-state index contributed by atoms with van der Waals surface area (Å²) in [6.45, 7) is 5.85. The van der Waals surface area contributed by atoms with Crippen molar-refractivity contribution in [1.82, 2.24) is 0 Å². The van der Waals surface area contributed by atoms with Crippen LogP contribution in [0.1, 0.15) is 32.4 Å². The molecule has 138 valence electrons. The Balaban J connectivity index is 1.91. The van der Waals surface area contributed by atoms with Gasteiger partial charge in [-0.15, -0.1) is 0 Å². The van der Waals surface area contributed by atoms with E-state index in [4.69, 9.17) is 0 Å². The van der Waals surface area contributed by atoms with Gasteiger partial charge < -0.3 is 16.0 Å². The highest BCUT2D eigenvalue weighted by molar-refractivity contribution is 5.92. The van der Waals surface area contributed by atoms with Crippen molar-refractivity contribution in [2.24, 2.45) is 5.92 Å². The van der Waals surface area contributed by atoms with Crippen molar-refractivity contribution in [1.29, 1.82) is 0 Å². The lowest BCUT2D eigenvalue weighted by atomic mass is 9.96. The number of nitrogens with two attached hydrogens (primary N) is 1. The number of carbonyl (C=O) groups excluding carboxylic acids is 2. The molecule has 0 aromatic heterocycles. The van der Waals surface area contributed by atoms with E-state index in [-0.39, 0.29) is 30.2 Å². The van der Waals surface area contributed by atoms with E-state index in [9.17, 15) is 14.0 Å². The maximum atomic E-state index is 13.1. The summed E-state index contributed by atoms with van der Waals surface area (Å²) in [5.41, 5.74) is 2.34. The molecule has 0 fully saturated rings. The molecule has 0 heterocycles. The Morgan fingerprint density at radius 2 is 1.50 bits per heavy atom. The number of rotatable bonds is 7. The smallest absolute Gasteiger partial charge is 0.279 e. The van der Waals surface area contributed by atoms with Crippen LogP contribution in [-0.4, -0.2) is 18.4 Å². The van der Waals surface area contributed by atoms with Crippen LogP contribution in [0, 0.1) is 11.7 Å². The molecular formula is C20H25FN3O2+. The first-order valence-electron chi connectivity index (χ1n) is 8.61. The van der Waals surface area contributed by atoms with Gasteiger partial charge in [-0.3, -0.25) is 9.59 Å². The van der Waals surface area contributed by atoms with Crippen LogP contribution in [-0.2, 0) is 9.59 Å². The van der Waals surface area contributed by atoms with Gasteiger partial charge in [-0.1, -0.05) is 26.0 Å². The predicted molar refractivity (Wildman–Crippen MR) is 100 cm³/mol. The topological polar surface area (TPSA) is 74.8 Å². The monoisotopic (exact) mass is 358 g/mol. The second-order valence-corrected chi connectivity index (χ2v) is 6.57. The summed E-state index contributed by atoms with van der Waals surface area (Å²) in [4.78, 5) is 23.2. The van der Waals surface area contributed by atoms with E-state index in [0.717, 1.165) is 5.56 Å². The molecule has 2 amide bonds. The van der Waals surface area contributed by atoms with Crippen molar-refractivity contribution < 1.29 is 19.3 Å². The van der Waals surface area contributed by atoms with Crippen molar-refractivity contribution in [2.75, 3.05) is 17.2 Å². The molecule has 4 N–H and O–H groups in total. The zero-order valence-electron chi connectivity index (χ0n) is 15.3. The lowest BCUT2D eigenvalue weighted by Crippen LogP contribution is -2.88. The molecule has 6 heteroatoms. The number of carbonyl (C=O) groups is 2. The number of benzene rings is 2. The van der Waals surface area contributed by atoms with Crippen molar-refractivity contribution in [3.63, 3.8) is 0 Å². The summed E-state index contributed by atoms with van der Waals surface area (Å²) in [7, 11) is 0. The van der Waals surface area contributed by atoms with Crippen molar-refractivity contribution in [3.8, 4) is 0 Å². The third-order valence-corrected chi connectivity index (χ3v) is 4.02. The van der Waals surface area contributed by atoms with Gasteiger partial charge in [0.2, 0.25) is 5.91 Å². The van der Waals surface area contributed by atoms with Gasteiger partial charge in [0, 0.05) is 29.8 Å². The molecule has 0 unspecified atom stereocenters. The lowest BCUT2D eigenvalue weighted by molar-refractivity contribution is -0.692. The van der Waals surface area contributed by atoms with Crippen LogP contribution in [0.25, 0.3) is 0 Å². The van der Waals surface area contributed by atoms with Gasteiger partial charge in [0.15, 0.2) is 6.54 Å². The van der Waals surface area contributed by atoms with E-state index in [1.54, 1.807) is 36.4 Å². The van der Waals surface area contributed by atoms with E-state index in [0.29, 0.717) is 17.3 Å². The Labute approximate surface area is 153 Å². The third-order valence-electron chi connectivity index (χ3n) is 4.02. The molecule has 1 atom stereocenters. The first-order valence-corrected chi connectivity index (χ1v) is 8.61. The fourth-order valence-electron chi connectivity index (χ4n) is 2.76. The van der Waals surface area contributed by atoms with E-state index in [1.165, 1.54) is 19.1 Å². The molecule has 0 spiro atoms. The van der Waals surface area contributed by atoms with E-state index < -0.39 is 0 Å². The summed E-state index contributed by atoms with van der Waals surface area (Å²) < 4.78 is 13.1. The molecule has 0 radical (unpaired) electrons. The molecular weight excluding hydrogens is 333 g/mol. The number of amides is 2. The highest BCUT2D eigenvalue weighted by Crippen LogP contribution is 2.18. The van der Waals surface area contributed by atoms with Gasteiger partial charge in [0.1, 0.15) is 11.9 Å². The van der Waals surface area contributed by atoms with Crippen molar-refractivity contribution in [3.05, 3.63) is 59.9 Å². The van der Waals surface area contributed by atoms with Gasteiger partial charge in [0.25, 0.3) is 5.91 Å². The molecule has 5 nitrogen and oxygen atoms in total. The van der Waals surface area contributed by atoms with Crippen LogP contribution in [0.2, 0.25) is 0 Å². The molecule has 2 aromatic rings. The number of nitrogens with one attached hydrogen (secondary N) is 2. The van der Waals surface area contributed by atoms with Gasteiger partial charge >= 0.3 is 0 Å². The second kappa shape index (κ2) is 9.10. The Bertz CT molecular complexity index is 743. The largest absolute Gasteiger partial charge is 0.332 e. The quantitative estimate of drug-likeness (QED) is 0.712. The summed E-state index contributed by atoms with van der Waals surface area (Å²) in [5, 5.41) is 7.47. The van der Waals surface area contributed by atoms with Gasteiger partial charge in [0.05, 0.1) is 0 Å². The summed E-state index contributed by atoms with van der Waals surface area (Å²) in [6, 6.07) is 13.4. The number of hydrogen-bond acceptors (Lipinski definition) is 2. The number of hydrogen-bond donors (Lipinski definition) is 3. The highest BCUT2D eigenvalue weighted by atomic mass is 19.1. The first-order chi connectivity index (χ1) is 12.3. The number of halogens is 1. The lowest BCUT2D eigenvalue weighted by Gasteiger charge is -2.19. The van der Waals surface area contributed by atoms with Crippen LogP contribution in [0.4, 0.5) is 15.8 Å². The summed E-state index contributed by atoms with van der Waals surface area (Å²) >= 11 is 0. The van der Waals surface area contributed by atoms with Crippen LogP contribution >= 0.6 is 0 Å². The standard InChI is InChI=1S/C20H24FN3O2/c1-13(2)20(15-4-6-16(21)7-5-15)22-12-19(26)24-18-10-8-17(9-11-18)23-14(3)25/h4-11,13,20,22H,12H2,1-3H3,(H,23,25)(H,24,26)/p+1/t20-/m1/s1. The predicted octanol–water partition coefficient (Wildman–Crippen LogP) is 2.68. The molecule has 2 aromatic carbocycles. The van der Waals surface area contributed by atoms with Gasteiger partial charge in [-0.2, -0.15) is 0 Å². The van der Waals surface area contributed by atoms with E-state index >= 15 is 0 Å². The normalized spacial score (nSPS) is 11.9. The average Bonchev–Trinajstić information content (AvgIpc) is 2.57. The minimum atomic E-state index is -0.267. The van der Waals surface area contributed by atoms with Gasteiger partial charge in [-0.25, -0.2) is 4.39 Å². The summed E-state index contributed by atoms with van der Waals surface area (Å²) in [6.07, 6.45) is 0. The Kier molecular flexibility index (Phi) is 6.86. The Hall–Kier alpha value is -2.73. The maximum Gasteiger partial charge on any atom is 0.279 e. The minimum absolute atomic E-state index is 0.0727. The molecule has 26 heavy (non-hydrogen) atoms. The zero-order chi connectivity index (χ0) is 19.1. The van der Waals surface area contributed by atoms with E-state index in [1.807, 2.05) is 5.32 Å². The fraction of sp³-hybridized carbons (Fsp3) is 0.300. The second-order valence-electron chi connectivity index (χ2n) is 6.57. The molecule has 0 saturated carbocycles. The minimum Gasteiger partial charge on any atom is -0.332 e. The zero-order valence-corrected chi connectivity index (χ0v) is 15.3. The molecule has 2 rings (SSSR count). The number of anilines is 2. The molecule has 0 aliphatic carbocycles. The molecule has 0 saturated heterocycles. The molecule has 0 aliphatic heterocycles. The molecule has 0 aliphatic rings. The highest BCUT2D eigenvalue weighted by Gasteiger charge is 2.20. The van der Waals surface area contributed by atoms with Crippen LogP contribution in [0.5, 0.6) is 0 Å². The number of quaternary nitrogens is 1. The third kappa shape index (κ3) is 5.97. The van der Waals surface area contributed by atoms with Crippen molar-refractivity contribution >= 4 is 23.2 Å². The Morgan fingerprint density at radius 1 is 0.962 bits per heavy atom. The SMILES string of the molecule is CC(=O)Nc1ccc(NC(=O)C[NH2+][C@@H](c2ccc(F)cc2)C(C)C)cc1. The van der Waals surface area contributed by atoms with Gasteiger partial charge in [-0.05, 0) is 36.4 Å². The molecule has 0 bridgehead atoms. The van der Waals surface area contributed by atoms with Crippen LogP contribution in [0.15, 0.2) is 48.5 Å².